The number of carbonyl (C=O) groups is 1. The van der Waals surface area contributed by atoms with E-state index in [1.165, 1.54) is 11.1 Å². The minimum Gasteiger partial charge on any atom is -0.356 e. The molecule has 132 valence electrons. The average molecular weight is 442 g/mol. The van der Waals surface area contributed by atoms with Crippen molar-refractivity contribution in [1.29, 1.82) is 0 Å². The van der Waals surface area contributed by atoms with Gasteiger partial charge in [-0.1, -0.05) is 24.3 Å². The van der Waals surface area contributed by atoms with Crippen LogP contribution in [0.1, 0.15) is 36.8 Å². The smallest absolute Gasteiger partial charge is 0.220 e. The number of hydrogen-bond donors (Lipinski definition) is 2. The second kappa shape index (κ2) is 9.25. The number of carbonyl (C=O) groups excluding carboxylic acids is 1. The quantitative estimate of drug-likeness (QED) is 0.319. The summed E-state index contributed by atoms with van der Waals surface area (Å²) in [4.78, 5) is 18.3. The van der Waals surface area contributed by atoms with Crippen molar-refractivity contribution >= 4 is 35.8 Å². The second-order valence-corrected chi connectivity index (χ2v) is 6.36. The Labute approximate surface area is 161 Å². The highest BCUT2D eigenvalue weighted by Crippen LogP contribution is 2.19. The molecule has 1 fully saturated rings. The molecule has 1 aliphatic carbocycles. The van der Waals surface area contributed by atoms with Crippen LogP contribution in [0.5, 0.6) is 0 Å². The lowest BCUT2D eigenvalue weighted by Gasteiger charge is -2.31. The van der Waals surface area contributed by atoms with Gasteiger partial charge < -0.3 is 15.5 Å². The number of aliphatic imine (C=N–C) groups is 1. The Morgan fingerprint density at radius 3 is 2.75 bits per heavy atom. The van der Waals surface area contributed by atoms with Crippen LogP contribution in [0.3, 0.4) is 0 Å². The van der Waals surface area contributed by atoms with Crippen molar-refractivity contribution < 1.29 is 4.79 Å². The number of hydrogen-bond acceptors (Lipinski definition) is 2. The molecule has 5 nitrogen and oxygen atoms in total. The highest BCUT2D eigenvalue weighted by Gasteiger charge is 2.23. The van der Waals surface area contributed by atoms with Crippen LogP contribution in [0.2, 0.25) is 0 Å². The molecule has 0 saturated heterocycles. The van der Waals surface area contributed by atoms with Crippen molar-refractivity contribution in [1.82, 2.24) is 15.5 Å². The molecule has 1 heterocycles. The molecule has 1 aromatic carbocycles. The lowest BCUT2D eigenvalue weighted by molar-refractivity contribution is -0.121. The first-order valence-corrected chi connectivity index (χ1v) is 8.58. The molecular weight excluding hydrogens is 415 g/mol. The topological polar surface area (TPSA) is 56.7 Å². The number of nitrogens with zero attached hydrogens (tertiary/aromatic N) is 2. The highest BCUT2D eigenvalue weighted by molar-refractivity contribution is 14.0. The largest absolute Gasteiger partial charge is 0.356 e. The van der Waals surface area contributed by atoms with E-state index in [1.54, 1.807) is 0 Å². The molecule has 0 radical (unpaired) electrons. The Morgan fingerprint density at radius 2 is 2.04 bits per heavy atom. The van der Waals surface area contributed by atoms with Gasteiger partial charge >= 0.3 is 0 Å². The second-order valence-electron chi connectivity index (χ2n) is 6.36. The number of rotatable bonds is 5. The van der Waals surface area contributed by atoms with E-state index >= 15 is 0 Å². The Balaban J connectivity index is 0.00000208. The predicted octanol–water partition coefficient (Wildman–Crippen LogP) is 2.30. The van der Waals surface area contributed by atoms with Crippen molar-refractivity contribution in [3.63, 3.8) is 0 Å². The Hall–Kier alpha value is -1.31. The molecule has 3 rings (SSSR count). The molecule has 0 unspecified atom stereocenters. The van der Waals surface area contributed by atoms with Gasteiger partial charge in [-0.2, -0.15) is 0 Å². The third-order valence-electron chi connectivity index (χ3n) is 4.45. The van der Waals surface area contributed by atoms with E-state index in [0.29, 0.717) is 12.5 Å². The summed E-state index contributed by atoms with van der Waals surface area (Å²) in [6, 6.07) is 9.06. The Kier molecular flexibility index (Phi) is 7.33. The summed E-state index contributed by atoms with van der Waals surface area (Å²) in [6.45, 7) is 2.67. The van der Waals surface area contributed by atoms with Crippen molar-refractivity contribution in [2.24, 2.45) is 4.99 Å². The predicted molar refractivity (Wildman–Crippen MR) is 108 cm³/mol. The summed E-state index contributed by atoms with van der Waals surface area (Å²) >= 11 is 0. The minimum absolute atomic E-state index is 0. The van der Waals surface area contributed by atoms with Crippen LogP contribution in [0.15, 0.2) is 29.3 Å². The van der Waals surface area contributed by atoms with Gasteiger partial charge in [0.2, 0.25) is 5.91 Å². The first kappa shape index (κ1) is 19.0. The van der Waals surface area contributed by atoms with Crippen LogP contribution < -0.4 is 10.6 Å². The normalized spacial score (nSPS) is 16.9. The van der Waals surface area contributed by atoms with Gasteiger partial charge in [0.15, 0.2) is 5.96 Å². The van der Waals surface area contributed by atoms with Gasteiger partial charge in [0, 0.05) is 39.1 Å². The first-order valence-electron chi connectivity index (χ1n) is 8.58. The summed E-state index contributed by atoms with van der Waals surface area (Å²) in [5.74, 6) is 1.11. The molecule has 1 aliphatic heterocycles. The molecule has 0 bridgehead atoms. The molecule has 0 aromatic heterocycles. The number of fused-ring (bicyclic) bond motifs is 1. The van der Waals surface area contributed by atoms with Gasteiger partial charge in [0.25, 0.3) is 0 Å². The van der Waals surface area contributed by atoms with E-state index in [1.807, 2.05) is 7.05 Å². The van der Waals surface area contributed by atoms with Crippen molar-refractivity contribution in [3.8, 4) is 0 Å². The molecule has 0 spiro atoms. The van der Waals surface area contributed by atoms with Crippen molar-refractivity contribution in [3.05, 3.63) is 35.4 Å². The molecule has 2 aliphatic rings. The van der Waals surface area contributed by atoms with Gasteiger partial charge in [-0.05, 0) is 36.8 Å². The SMILES string of the molecule is CN=C(NCCCC(=O)NC1CC1)N1CCc2ccccc2C1.I. The lowest BCUT2D eigenvalue weighted by Crippen LogP contribution is -2.44. The number of amides is 1. The lowest BCUT2D eigenvalue weighted by atomic mass is 10.0. The van der Waals surface area contributed by atoms with Gasteiger partial charge in [0.05, 0.1) is 0 Å². The van der Waals surface area contributed by atoms with E-state index in [4.69, 9.17) is 0 Å². The van der Waals surface area contributed by atoms with E-state index in [2.05, 4.69) is 44.8 Å². The molecule has 1 saturated carbocycles. The van der Waals surface area contributed by atoms with Crippen molar-refractivity contribution in [2.45, 2.75) is 44.7 Å². The van der Waals surface area contributed by atoms with E-state index < -0.39 is 0 Å². The van der Waals surface area contributed by atoms with Crippen LogP contribution in [0.25, 0.3) is 0 Å². The number of halogens is 1. The molecule has 1 amide bonds. The van der Waals surface area contributed by atoms with Crippen LogP contribution in [-0.2, 0) is 17.8 Å². The van der Waals surface area contributed by atoms with Gasteiger partial charge in [-0.25, -0.2) is 0 Å². The maximum atomic E-state index is 11.7. The van der Waals surface area contributed by atoms with E-state index in [0.717, 1.165) is 51.3 Å². The standard InChI is InChI=1S/C18H26N4O.HI/c1-19-18(20-11-4-7-17(23)21-16-8-9-16)22-12-10-14-5-2-3-6-15(14)13-22;/h2-3,5-6,16H,4,7-13H2,1H3,(H,19,20)(H,21,23);1H. The Bertz CT molecular complexity index is 586. The number of nitrogens with one attached hydrogen (secondary N) is 2. The van der Waals surface area contributed by atoms with Crippen molar-refractivity contribution in [2.75, 3.05) is 20.1 Å². The first-order chi connectivity index (χ1) is 11.3. The fourth-order valence-electron chi connectivity index (χ4n) is 2.99. The molecule has 24 heavy (non-hydrogen) atoms. The summed E-state index contributed by atoms with van der Waals surface area (Å²) in [6.07, 6.45) is 4.77. The minimum atomic E-state index is 0. The van der Waals surface area contributed by atoms with Gasteiger partial charge in [-0.15, -0.1) is 24.0 Å². The third kappa shape index (κ3) is 5.36. The van der Waals surface area contributed by atoms with Crippen LogP contribution in [0.4, 0.5) is 0 Å². The number of benzene rings is 1. The summed E-state index contributed by atoms with van der Waals surface area (Å²) in [5, 5.41) is 6.41. The molecular formula is C18H27IN4O. The third-order valence-corrected chi connectivity index (χ3v) is 4.45. The van der Waals surface area contributed by atoms with Crippen LogP contribution in [-0.4, -0.2) is 42.9 Å². The zero-order valence-electron chi connectivity index (χ0n) is 14.3. The number of guanidine groups is 1. The Morgan fingerprint density at radius 1 is 1.29 bits per heavy atom. The van der Waals surface area contributed by atoms with Gasteiger partial charge in [0.1, 0.15) is 0 Å². The average Bonchev–Trinajstić information content (AvgIpc) is 3.38. The molecule has 6 heteroatoms. The van der Waals surface area contributed by atoms with Crippen LogP contribution >= 0.6 is 24.0 Å². The summed E-state index contributed by atoms with van der Waals surface area (Å²) in [5.41, 5.74) is 2.82. The fraction of sp³-hybridized carbons (Fsp3) is 0.556. The van der Waals surface area contributed by atoms with Crippen LogP contribution in [0, 0.1) is 0 Å². The monoisotopic (exact) mass is 442 g/mol. The molecule has 1 aromatic rings. The van der Waals surface area contributed by atoms with E-state index in [9.17, 15) is 4.79 Å². The summed E-state index contributed by atoms with van der Waals surface area (Å²) in [7, 11) is 1.82. The zero-order chi connectivity index (χ0) is 16.1. The fourth-order valence-corrected chi connectivity index (χ4v) is 2.99. The maximum absolute atomic E-state index is 11.7. The highest BCUT2D eigenvalue weighted by atomic mass is 127. The zero-order valence-corrected chi connectivity index (χ0v) is 16.6. The maximum Gasteiger partial charge on any atom is 0.220 e. The van der Waals surface area contributed by atoms with E-state index in [-0.39, 0.29) is 29.9 Å². The molecule has 2 N–H and O–H groups in total. The summed E-state index contributed by atoms with van der Waals surface area (Å²) < 4.78 is 0. The molecule has 0 atom stereocenters. The van der Waals surface area contributed by atoms with Gasteiger partial charge in [-0.3, -0.25) is 9.79 Å².